The number of nitrogens with one attached hydrogen (secondary N) is 1. The van der Waals surface area contributed by atoms with Gasteiger partial charge in [0.2, 0.25) is 0 Å². The predicted octanol–water partition coefficient (Wildman–Crippen LogP) is 1.92. The summed E-state index contributed by atoms with van der Waals surface area (Å²) in [4.78, 5) is 0. The third-order valence-electron chi connectivity index (χ3n) is 3.22. The van der Waals surface area contributed by atoms with Crippen LogP contribution in [0.25, 0.3) is 0 Å². The molecule has 1 rings (SSSR count). The molecule has 0 aliphatic rings. The molecule has 0 aliphatic carbocycles. The Hall–Kier alpha value is -1.71. The molecule has 1 heterocycles. The van der Waals surface area contributed by atoms with Crippen LogP contribution in [0, 0.1) is 17.2 Å². The number of ether oxygens (including phenoxy) is 1. The maximum Gasteiger partial charge on any atom is 0.167 e. The molecule has 0 aromatic carbocycles. The zero-order chi connectivity index (χ0) is 16.5. The molecule has 122 valence electrons. The second-order valence-corrected chi connectivity index (χ2v) is 5.63. The summed E-state index contributed by atoms with van der Waals surface area (Å²) in [6, 6.07) is 2.19. The van der Waals surface area contributed by atoms with Gasteiger partial charge in [0, 0.05) is 13.2 Å². The third kappa shape index (κ3) is 5.24. The van der Waals surface area contributed by atoms with Crippen LogP contribution in [0.4, 0.5) is 5.82 Å². The number of rotatable bonds is 9. The predicted molar refractivity (Wildman–Crippen MR) is 85.7 cm³/mol. The van der Waals surface area contributed by atoms with Gasteiger partial charge in [0.15, 0.2) is 5.82 Å². The van der Waals surface area contributed by atoms with E-state index in [0.717, 1.165) is 24.1 Å². The topological polar surface area (TPSA) is 91.1 Å². The molecule has 2 N–H and O–H groups in total. The van der Waals surface area contributed by atoms with Gasteiger partial charge in [-0.25, -0.2) is 0 Å². The van der Waals surface area contributed by atoms with Crippen molar-refractivity contribution in [1.82, 2.24) is 10.2 Å². The van der Waals surface area contributed by atoms with Crippen LogP contribution in [0.15, 0.2) is 0 Å². The molecule has 0 spiro atoms. The Morgan fingerprint density at radius 3 is 2.50 bits per heavy atom. The largest absolute Gasteiger partial charge is 0.389 e. The number of aromatic nitrogens is 2. The third-order valence-corrected chi connectivity index (χ3v) is 3.22. The summed E-state index contributed by atoms with van der Waals surface area (Å²) in [6.45, 7) is 9.25. The Balaban J connectivity index is 2.68. The number of nitrogens with zero attached hydrogens (tertiary/aromatic N) is 3. The fourth-order valence-electron chi connectivity index (χ4n) is 2.13. The molecule has 22 heavy (non-hydrogen) atoms. The fraction of sp³-hybridized carbons (Fsp3) is 0.688. The average Bonchev–Trinajstić information content (AvgIpc) is 2.51. The highest BCUT2D eigenvalue weighted by Gasteiger charge is 2.15. The molecule has 6 heteroatoms. The van der Waals surface area contributed by atoms with Crippen LogP contribution < -0.4 is 5.32 Å². The quantitative estimate of drug-likeness (QED) is 0.724. The fourth-order valence-corrected chi connectivity index (χ4v) is 2.13. The van der Waals surface area contributed by atoms with E-state index in [1.807, 2.05) is 13.8 Å². The molecule has 0 aliphatic heterocycles. The van der Waals surface area contributed by atoms with E-state index in [1.165, 1.54) is 0 Å². The van der Waals surface area contributed by atoms with Gasteiger partial charge in [-0.3, -0.25) is 0 Å². The molecule has 1 unspecified atom stereocenters. The first-order chi connectivity index (χ1) is 10.5. The molecular formula is C16H26N4O2. The van der Waals surface area contributed by atoms with E-state index in [1.54, 1.807) is 0 Å². The minimum absolute atomic E-state index is 0.258. The van der Waals surface area contributed by atoms with Crippen LogP contribution in [0.1, 0.15) is 44.5 Å². The summed E-state index contributed by atoms with van der Waals surface area (Å²) in [5.41, 5.74) is 2.29. The summed E-state index contributed by atoms with van der Waals surface area (Å²) >= 11 is 0. The van der Waals surface area contributed by atoms with Crippen molar-refractivity contribution in [1.29, 1.82) is 5.26 Å². The number of aliphatic hydroxyl groups excluding tert-OH is 1. The highest BCUT2D eigenvalue weighted by Crippen LogP contribution is 2.19. The molecule has 0 saturated heterocycles. The lowest BCUT2D eigenvalue weighted by Crippen LogP contribution is -2.26. The van der Waals surface area contributed by atoms with E-state index in [9.17, 15) is 10.4 Å². The van der Waals surface area contributed by atoms with Crippen LogP contribution in [-0.4, -0.2) is 41.2 Å². The molecule has 1 atom stereocenters. The second kappa shape index (κ2) is 9.34. The van der Waals surface area contributed by atoms with Gasteiger partial charge in [-0.2, -0.15) is 10.4 Å². The van der Waals surface area contributed by atoms with Crippen LogP contribution in [0.5, 0.6) is 0 Å². The Morgan fingerprint density at radius 1 is 1.23 bits per heavy atom. The zero-order valence-electron chi connectivity index (χ0n) is 13.9. The molecule has 6 nitrogen and oxygen atoms in total. The number of hydrogen-bond donors (Lipinski definition) is 2. The van der Waals surface area contributed by atoms with Crippen molar-refractivity contribution in [3.8, 4) is 6.07 Å². The molecule has 0 bridgehead atoms. The van der Waals surface area contributed by atoms with Crippen LogP contribution in [0.2, 0.25) is 0 Å². The highest BCUT2D eigenvalue weighted by atomic mass is 16.5. The second-order valence-electron chi connectivity index (χ2n) is 5.63. The minimum atomic E-state index is -0.650. The summed E-state index contributed by atoms with van der Waals surface area (Å²) in [7, 11) is 0. The molecule has 1 aromatic rings. The van der Waals surface area contributed by atoms with Gasteiger partial charge >= 0.3 is 0 Å². The molecule has 0 fully saturated rings. The SMILES string of the molecule is CCc1nnc(NCC(O)COCC(C)C)c(C#N)c1CC. The Bertz CT molecular complexity index is 512. The maximum absolute atomic E-state index is 9.90. The number of hydrogen-bond acceptors (Lipinski definition) is 6. The van der Waals surface area contributed by atoms with Crippen molar-refractivity contribution in [2.45, 2.75) is 46.6 Å². The smallest absolute Gasteiger partial charge is 0.167 e. The van der Waals surface area contributed by atoms with Crippen molar-refractivity contribution < 1.29 is 9.84 Å². The number of nitriles is 1. The van der Waals surface area contributed by atoms with E-state index < -0.39 is 6.10 Å². The van der Waals surface area contributed by atoms with E-state index in [4.69, 9.17) is 4.74 Å². The lowest BCUT2D eigenvalue weighted by Gasteiger charge is -2.15. The Kier molecular flexibility index (Phi) is 7.78. The van der Waals surface area contributed by atoms with E-state index >= 15 is 0 Å². The lowest BCUT2D eigenvalue weighted by atomic mass is 10.0. The summed E-state index contributed by atoms with van der Waals surface area (Å²) in [5, 5.41) is 30.5. The van der Waals surface area contributed by atoms with Crippen molar-refractivity contribution in [3.63, 3.8) is 0 Å². The van der Waals surface area contributed by atoms with E-state index in [-0.39, 0.29) is 13.2 Å². The van der Waals surface area contributed by atoms with Gasteiger partial charge in [0.05, 0.1) is 18.4 Å². The maximum atomic E-state index is 9.90. The van der Waals surface area contributed by atoms with Crippen molar-refractivity contribution in [2.24, 2.45) is 5.92 Å². The van der Waals surface area contributed by atoms with Gasteiger partial charge < -0.3 is 15.2 Å². The lowest BCUT2D eigenvalue weighted by molar-refractivity contribution is 0.0317. The number of aryl methyl sites for hydroxylation is 1. The summed E-state index contributed by atoms with van der Waals surface area (Å²) in [6.07, 6.45) is 0.829. The van der Waals surface area contributed by atoms with Crippen LogP contribution >= 0.6 is 0 Å². The van der Waals surface area contributed by atoms with E-state index in [2.05, 4.69) is 35.4 Å². The molecule has 0 radical (unpaired) electrons. The minimum Gasteiger partial charge on any atom is -0.389 e. The Morgan fingerprint density at radius 2 is 1.95 bits per heavy atom. The normalized spacial score (nSPS) is 12.2. The first-order valence-corrected chi connectivity index (χ1v) is 7.81. The first kappa shape index (κ1) is 18.3. The first-order valence-electron chi connectivity index (χ1n) is 7.81. The van der Waals surface area contributed by atoms with Gasteiger partial charge in [-0.15, -0.1) is 5.10 Å². The van der Waals surface area contributed by atoms with Crippen LogP contribution in [0.3, 0.4) is 0 Å². The van der Waals surface area contributed by atoms with Gasteiger partial charge in [0.1, 0.15) is 11.6 Å². The van der Waals surface area contributed by atoms with Gasteiger partial charge in [-0.05, 0) is 24.3 Å². The average molecular weight is 306 g/mol. The molecule has 1 aromatic heterocycles. The molecule has 0 saturated carbocycles. The summed E-state index contributed by atoms with van der Waals surface area (Å²) < 4.78 is 5.39. The van der Waals surface area contributed by atoms with Crippen molar-refractivity contribution in [2.75, 3.05) is 25.1 Å². The zero-order valence-corrected chi connectivity index (χ0v) is 13.9. The standard InChI is InChI=1S/C16H26N4O2/c1-5-13-14(7-17)16(20-19-15(13)6-2)18-8-12(21)10-22-9-11(3)4/h11-12,21H,5-6,8-10H2,1-4H3,(H,18,20). The Labute approximate surface area is 132 Å². The molecule has 0 amide bonds. The van der Waals surface area contributed by atoms with Crippen molar-refractivity contribution >= 4 is 5.82 Å². The number of anilines is 1. The molecular weight excluding hydrogens is 280 g/mol. The number of aliphatic hydroxyl groups is 1. The summed E-state index contributed by atoms with van der Waals surface area (Å²) in [5.74, 6) is 0.865. The van der Waals surface area contributed by atoms with Crippen molar-refractivity contribution in [3.05, 3.63) is 16.8 Å². The van der Waals surface area contributed by atoms with Crippen LogP contribution in [-0.2, 0) is 17.6 Å². The van der Waals surface area contributed by atoms with Gasteiger partial charge in [0.25, 0.3) is 0 Å². The van der Waals surface area contributed by atoms with Gasteiger partial charge in [-0.1, -0.05) is 27.7 Å². The monoisotopic (exact) mass is 306 g/mol. The highest BCUT2D eigenvalue weighted by molar-refractivity contribution is 5.56. The van der Waals surface area contributed by atoms with E-state index in [0.29, 0.717) is 23.9 Å².